The molecular formula is C13H14N2O2S. The van der Waals surface area contributed by atoms with Crippen LogP contribution < -0.4 is 5.73 Å². The summed E-state index contributed by atoms with van der Waals surface area (Å²) in [5, 5.41) is 9.77. The number of pyridine rings is 1. The molecule has 18 heavy (non-hydrogen) atoms. The van der Waals surface area contributed by atoms with Gasteiger partial charge in [-0.25, -0.2) is 0 Å². The van der Waals surface area contributed by atoms with E-state index >= 15 is 0 Å². The Bertz CT molecular complexity index is 559. The fourth-order valence-electron chi connectivity index (χ4n) is 1.55. The highest BCUT2D eigenvalue weighted by molar-refractivity contribution is 7.98. The molecule has 94 valence electrons. The van der Waals surface area contributed by atoms with Gasteiger partial charge in [0, 0.05) is 16.9 Å². The number of carboxylic acid groups (broad SMARTS) is 1. The zero-order chi connectivity index (χ0) is 13.0. The molecule has 2 aromatic rings. The number of hydrogen-bond acceptors (Lipinski definition) is 4. The molecule has 0 aliphatic rings. The minimum atomic E-state index is -0.964. The second-order valence-corrected chi connectivity index (χ2v) is 4.99. The van der Waals surface area contributed by atoms with Crippen LogP contribution in [0, 0.1) is 0 Å². The van der Waals surface area contributed by atoms with Crippen molar-refractivity contribution < 1.29 is 9.90 Å². The number of fused-ring (bicyclic) bond motifs is 1. The number of nitrogens with two attached hydrogens (primary N) is 1. The van der Waals surface area contributed by atoms with Gasteiger partial charge in [0.1, 0.15) is 6.04 Å². The van der Waals surface area contributed by atoms with E-state index in [1.54, 1.807) is 0 Å². The van der Waals surface area contributed by atoms with Gasteiger partial charge in [0.05, 0.1) is 11.2 Å². The van der Waals surface area contributed by atoms with Crippen LogP contribution >= 0.6 is 11.8 Å². The normalized spacial score (nSPS) is 12.5. The number of thioether (sulfide) groups is 1. The van der Waals surface area contributed by atoms with Gasteiger partial charge in [-0.3, -0.25) is 9.78 Å². The van der Waals surface area contributed by atoms with E-state index in [1.807, 2.05) is 36.4 Å². The molecule has 0 fully saturated rings. The molecule has 0 radical (unpaired) electrons. The van der Waals surface area contributed by atoms with E-state index in [-0.39, 0.29) is 0 Å². The van der Waals surface area contributed by atoms with Crippen molar-refractivity contribution in [3.05, 3.63) is 42.1 Å². The minimum absolute atomic E-state index is 0.393. The molecule has 1 aromatic carbocycles. The van der Waals surface area contributed by atoms with Crippen molar-refractivity contribution in [2.75, 3.05) is 5.75 Å². The Balaban J connectivity index is 1.98. The van der Waals surface area contributed by atoms with Gasteiger partial charge in [-0.15, -0.1) is 0 Å². The summed E-state index contributed by atoms with van der Waals surface area (Å²) in [5.41, 5.74) is 7.33. The van der Waals surface area contributed by atoms with E-state index in [9.17, 15) is 4.79 Å². The van der Waals surface area contributed by atoms with Crippen molar-refractivity contribution in [1.29, 1.82) is 0 Å². The molecule has 0 bridgehead atoms. The van der Waals surface area contributed by atoms with Gasteiger partial charge in [0.2, 0.25) is 0 Å². The summed E-state index contributed by atoms with van der Waals surface area (Å²) >= 11 is 1.48. The monoisotopic (exact) mass is 262 g/mol. The number of aliphatic carboxylic acids is 1. The third-order valence-electron chi connectivity index (χ3n) is 2.52. The summed E-state index contributed by atoms with van der Waals surface area (Å²) in [6, 6.07) is 11.1. The van der Waals surface area contributed by atoms with E-state index in [2.05, 4.69) is 4.98 Å². The minimum Gasteiger partial charge on any atom is -0.480 e. The molecule has 4 nitrogen and oxygen atoms in total. The van der Waals surface area contributed by atoms with Gasteiger partial charge in [0.25, 0.3) is 0 Å². The first kappa shape index (κ1) is 12.9. The van der Waals surface area contributed by atoms with Crippen molar-refractivity contribution in [3.63, 3.8) is 0 Å². The van der Waals surface area contributed by atoms with Crippen molar-refractivity contribution in [3.8, 4) is 0 Å². The average molecular weight is 262 g/mol. The van der Waals surface area contributed by atoms with E-state index in [0.29, 0.717) is 11.5 Å². The van der Waals surface area contributed by atoms with Crippen LogP contribution in [0.2, 0.25) is 0 Å². The molecule has 1 unspecified atom stereocenters. The van der Waals surface area contributed by atoms with E-state index in [1.165, 1.54) is 11.8 Å². The molecular weight excluding hydrogens is 248 g/mol. The van der Waals surface area contributed by atoms with Crippen LogP contribution in [0.15, 0.2) is 36.4 Å². The molecule has 1 heterocycles. The Kier molecular flexibility index (Phi) is 4.17. The lowest BCUT2D eigenvalue weighted by molar-refractivity contribution is -0.137. The van der Waals surface area contributed by atoms with Crippen molar-refractivity contribution >= 4 is 28.6 Å². The van der Waals surface area contributed by atoms with Gasteiger partial charge in [-0.1, -0.05) is 24.3 Å². The highest BCUT2D eigenvalue weighted by atomic mass is 32.2. The van der Waals surface area contributed by atoms with Crippen LogP contribution in [0.3, 0.4) is 0 Å². The van der Waals surface area contributed by atoms with Crippen LogP contribution in [0.25, 0.3) is 10.9 Å². The first-order chi connectivity index (χ1) is 8.66. The lowest BCUT2D eigenvalue weighted by Gasteiger charge is -2.06. The average Bonchev–Trinajstić information content (AvgIpc) is 2.38. The molecule has 0 aliphatic heterocycles. The number of hydrogen-bond donors (Lipinski definition) is 2. The number of aromatic nitrogens is 1. The lowest BCUT2D eigenvalue weighted by atomic mass is 10.2. The topological polar surface area (TPSA) is 76.2 Å². The largest absolute Gasteiger partial charge is 0.480 e. The van der Waals surface area contributed by atoms with Crippen molar-refractivity contribution in [2.45, 2.75) is 11.8 Å². The molecule has 0 saturated heterocycles. The van der Waals surface area contributed by atoms with Gasteiger partial charge in [-0.2, -0.15) is 11.8 Å². The number of carboxylic acids is 1. The molecule has 0 aliphatic carbocycles. The Morgan fingerprint density at radius 3 is 2.89 bits per heavy atom. The molecule has 0 amide bonds. The van der Waals surface area contributed by atoms with Crippen LogP contribution in [-0.2, 0) is 10.5 Å². The standard InChI is InChI=1S/C13H14N2O2S/c14-11(13(16)17)8-18-7-10-6-5-9-3-1-2-4-12(9)15-10/h1-6,11H,7-8,14H2,(H,16,17). The number of benzene rings is 1. The quantitative estimate of drug-likeness (QED) is 0.860. The smallest absolute Gasteiger partial charge is 0.321 e. The number of nitrogens with zero attached hydrogens (tertiary/aromatic N) is 1. The van der Waals surface area contributed by atoms with Crippen molar-refractivity contribution in [1.82, 2.24) is 4.98 Å². The van der Waals surface area contributed by atoms with E-state index < -0.39 is 12.0 Å². The van der Waals surface area contributed by atoms with Crippen LogP contribution in [0.5, 0.6) is 0 Å². The maximum Gasteiger partial charge on any atom is 0.321 e. The van der Waals surface area contributed by atoms with E-state index in [0.717, 1.165) is 16.6 Å². The Morgan fingerprint density at radius 1 is 1.33 bits per heavy atom. The fraction of sp³-hybridized carbons (Fsp3) is 0.231. The lowest BCUT2D eigenvalue weighted by Crippen LogP contribution is -2.32. The molecule has 1 atom stereocenters. The van der Waals surface area contributed by atoms with Gasteiger partial charge in [-0.05, 0) is 12.1 Å². The first-order valence-corrected chi connectivity index (χ1v) is 6.73. The predicted molar refractivity (Wildman–Crippen MR) is 73.5 cm³/mol. The highest BCUT2D eigenvalue weighted by Crippen LogP contribution is 2.16. The third kappa shape index (κ3) is 3.21. The SMILES string of the molecule is NC(CSCc1ccc2ccccc2n1)C(=O)O. The fourth-order valence-corrected chi connectivity index (χ4v) is 2.43. The zero-order valence-electron chi connectivity index (χ0n) is 9.74. The second kappa shape index (κ2) is 5.84. The maximum absolute atomic E-state index is 10.6. The predicted octanol–water partition coefficient (Wildman–Crippen LogP) is 1.88. The van der Waals surface area contributed by atoms with Crippen LogP contribution in [0.4, 0.5) is 0 Å². The van der Waals surface area contributed by atoms with Crippen molar-refractivity contribution in [2.24, 2.45) is 5.73 Å². The molecule has 2 rings (SSSR count). The molecule has 5 heteroatoms. The number of carbonyl (C=O) groups is 1. The maximum atomic E-state index is 10.6. The summed E-state index contributed by atoms with van der Waals surface area (Å²) in [5.74, 6) is 0.101. The summed E-state index contributed by atoms with van der Waals surface area (Å²) in [4.78, 5) is 15.1. The summed E-state index contributed by atoms with van der Waals surface area (Å²) in [7, 11) is 0. The number of rotatable bonds is 5. The van der Waals surface area contributed by atoms with Gasteiger partial charge >= 0.3 is 5.97 Å². The van der Waals surface area contributed by atoms with Crippen LogP contribution in [-0.4, -0.2) is 27.9 Å². The molecule has 0 saturated carbocycles. The Morgan fingerprint density at radius 2 is 2.11 bits per heavy atom. The second-order valence-electron chi connectivity index (χ2n) is 3.96. The Labute approximate surface area is 109 Å². The molecule has 1 aromatic heterocycles. The summed E-state index contributed by atoms with van der Waals surface area (Å²) in [6.07, 6.45) is 0. The zero-order valence-corrected chi connectivity index (χ0v) is 10.6. The first-order valence-electron chi connectivity index (χ1n) is 5.57. The summed E-state index contributed by atoms with van der Waals surface area (Å²) < 4.78 is 0. The molecule has 0 spiro atoms. The molecule has 3 N–H and O–H groups in total. The Hall–Kier alpha value is -1.59. The third-order valence-corrected chi connectivity index (χ3v) is 3.62. The summed E-state index contributed by atoms with van der Waals surface area (Å²) in [6.45, 7) is 0. The van der Waals surface area contributed by atoms with Crippen LogP contribution in [0.1, 0.15) is 5.69 Å². The number of para-hydroxylation sites is 1. The van der Waals surface area contributed by atoms with E-state index in [4.69, 9.17) is 10.8 Å². The highest BCUT2D eigenvalue weighted by Gasteiger charge is 2.11. The van der Waals surface area contributed by atoms with Gasteiger partial charge < -0.3 is 10.8 Å². The van der Waals surface area contributed by atoms with Gasteiger partial charge in [0.15, 0.2) is 0 Å².